The second kappa shape index (κ2) is 6.03. The van der Waals surface area contributed by atoms with Crippen LogP contribution >= 0.6 is 0 Å². The molecule has 1 heterocycles. The first kappa shape index (κ1) is 16.4. The highest BCUT2D eigenvalue weighted by Crippen LogP contribution is 2.44. The second-order valence-electron chi connectivity index (χ2n) is 8.66. The van der Waals surface area contributed by atoms with Crippen LogP contribution < -0.4 is 0 Å². The lowest BCUT2D eigenvalue weighted by atomic mass is 9.74. The third kappa shape index (κ3) is 2.21. The van der Waals surface area contributed by atoms with E-state index in [-0.39, 0.29) is 0 Å². The van der Waals surface area contributed by atoms with Gasteiger partial charge < -0.3 is 0 Å². The van der Waals surface area contributed by atoms with Gasteiger partial charge in [0, 0.05) is 17.1 Å². The van der Waals surface area contributed by atoms with Crippen LogP contribution in [0.1, 0.15) is 22.3 Å². The van der Waals surface area contributed by atoms with Gasteiger partial charge >= 0.3 is 0 Å². The predicted octanol–water partition coefficient (Wildman–Crippen LogP) is 6.92. The molecule has 0 amide bonds. The maximum absolute atomic E-state index is 4.87. The molecule has 4 aromatic carbocycles. The van der Waals surface area contributed by atoms with Gasteiger partial charge in [0.05, 0.1) is 5.69 Å². The molecule has 7 rings (SSSR count). The van der Waals surface area contributed by atoms with Crippen molar-refractivity contribution in [1.82, 2.24) is 4.98 Å². The second-order valence-corrected chi connectivity index (χ2v) is 8.66. The monoisotopic (exact) mass is 383 g/mol. The molecule has 0 fully saturated rings. The Kier molecular flexibility index (Phi) is 3.29. The van der Waals surface area contributed by atoms with Crippen molar-refractivity contribution < 1.29 is 0 Å². The van der Waals surface area contributed by atoms with Crippen molar-refractivity contribution in [3.05, 3.63) is 101 Å². The van der Waals surface area contributed by atoms with Gasteiger partial charge in [0.2, 0.25) is 0 Å². The van der Waals surface area contributed by atoms with Crippen LogP contribution in [0, 0.1) is 0 Å². The third-order valence-corrected chi connectivity index (χ3v) is 7.06. The van der Waals surface area contributed by atoms with Crippen molar-refractivity contribution >= 4 is 21.5 Å². The smallest absolute Gasteiger partial charge is 0.0780 e. The molecule has 142 valence electrons. The summed E-state index contributed by atoms with van der Waals surface area (Å²) in [4.78, 5) is 4.87. The highest BCUT2D eigenvalue weighted by atomic mass is 14.7. The van der Waals surface area contributed by atoms with Crippen molar-refractivity contribution in [2.24, 2.45) is 0 Å². The SMILES string of the molecule is c1cc2c3c(c1)CCc1cc(-c4nccc5c4ccc4ccccc45)cc(c1-3)CC2. The number of hydrogen-bond acceptors (Lipinski definition) is 1. The van der Waals surface area contributed by atoms with Gasteiger partial charge in [-0.1, -0.05) is 54.6 Å². The van der Waals surface area contributed by atoms with Crippen LogP contribution in [0.25, 0.3) is 43.9 Å². The predicted molar refractivity (Wildman–Crippen MR) is 125 cm³/mol. The molecule has 0 spiro atoms. The van der Waals surface area contributed by atoms with E-state index in [9.17, 15) is 0 Å². The van der Waals surface area contributed by atoms with Crippen LogP contribution in [0.15, 0.2) is 79.0 Å². The first-order chi connectivity index (χ1) is 14.9. The van der Waals surface area contributed by atoms with E-state index in [0.29, 0.717) is 0 Å². The van der Waals surface area contributed by atoms with E-state index in [0.717, 1.165) is 31.4 Å². The van der Waals surface area contributed by atoms with Crippen LogP contribution in [0.2, 0.25) is 0 Å². The van der Waals surface area contributed by atoms with Crippen molar-refractivity contribution in [3.63, 3.8) is 0 Å². The Morgan fingerprint density at radius 2 is 1.23 bits per heavy atom. The number of rotatable bonds is 1. The Bertz CT molecular complexity index is 1440. The quantitative estimate of drug-likeness (QED) is 0.286. The molecular formula is C29H21N. The van der Waals surface area contributed by atoms with Crippen LogP contribution in [0.3, 0.4) is 0 Å². The van der Waals surface area contributed by atoms with Gasteiger partial charge in [-0.25, -0.2) is 0 Å². The molecule has 0 aliphatic heterocycles. The minimum absolute atomic E-state index is 1.11. The number of benzene rings is 4. The Hall–Kier alpha value is -3.45. The zero-order chi connectivity index (χ0) is 19.7. The summed E-state index contributed by atoms with van der Waals surface area (Å²) in [6, 6.07) is 27.0. The van der Waals surface area contributed by atoms with Crippen LogP contribution in [-0.4, -0.2) is 4.98 Å². The maximum Gasteiger partial charge on any atom is 0.0780 e. The minimum atomic E-state index is 1.11. The Balaban J connectivity index is 1.50. The van der Waals surface area contributed by atoms with Crippen molar-refractivity contribution in [3.8, 4) is 22.4 Å². The van der Waals surface area contributed by atoms with E-state index >= 15 is 0 Å². The molecule has 0 saturated carbocycles. The fourth-order valence-corrected chi connectivity index (χ4v) is 5.72. The molecule has 2 aliphatic rings. The van der Waals surface area contributed by atoms with Gasteiger partial charge in [-0.3, -0.25) is 4.98 Å². The first-order valence-corrected chi connectivity index (χ1v) is 10.9. The van der Waals surface area contributed by atoms with Crippen LogP contribution in [-0.2, 0) is 25.7 Å². The lowest BCUT2D eigenvalue weighted by Gasteiger charge is -2.30. The molecule has 0 unspecified atom stereocenters. The zero-order valence-corrected chi connectivity index (χ0v) is 16.8. The molecule has 1 aromatic heterocycles. The number of aryl methyl sites for hydroxylation is 4. The molecule has 30 heavy (non-hydrogen) atoms. The molecule has 1 heteroatoms. The van der Waals surface area contributed by atoms with Crippen molar-refractivity contribution in [2.75, 3.05) is 0 Å². The van der Waals surface area contributed by atoms with Gasteiger partial charge in [0.15, 0.2) is 0 Å². The number of nitrogens with zero attached hydrogens (tertiary/aromatic N) is 1. The molecule has 5 aromatic rings. The largest absolute Gasteiger partial charge is 0.256 e. The van der Waals surface area contributed by atoms with Gasteiger partial charge in [-0.05, 0) is 93.4 Å². The molecule has 2 aliphatic carbocycles. The molecule has 0 saturated heterocycles. The lowest BCUT2D eigenvalue weighted by molar-refractivity contribution is 0.877. The topological polar surface area (TPSA) is 12.9 Å². The highest BCUT2D eigenvalue weighted by molar-refractivity contribution is 6.11. The van der Waals surface area contributed by atoms with E-state index in [4.69, 9.17) is 4.98 Å². The summed E-state index contributed by atoms with van der Waals surface area (Å²) in [5.41, 5.74) is 11.5. The number of hydrogen-bond donors (Lipinski definition) is 0. The van der Waals surface area contributed by atoms with Gasteiger partial charge in [0.1, 0.15) is 0 Å². The van der Waals surface area contributed by atoms with E-state index in [1.807, 2.05) is 6.20 Å². The minimum Gasteiger partial charge on any atom is -0.256 e. The fraction of sp³-hybridized carbons (Fsp3) is 0.138. The first-order valence-electron chi connectivity index (χ1n) is 10.9. The zero-order valence-electron chi connectivity index (χ0n) is 16.8. The molecular weight excluding hydrogens is 362 g/mol. The Morgan fingerprint density at radius 3 is 2.03 bits per heavy atom. The van der Waals surface area contributed by atoms with Gasteiger partial charge in [-0.15, -0.1) is 0 Å². The molecule has 0 bridgehead atoms. The summed E-state index contributed by atoms with van der Waals surface area (Å²) in [7, 11) is 0. The van der Waals surface area contributed by atoms with Crippen molar-refractivity contribution in [1.29, 1.82) is 0 Å². The summed E-state index contributed by atoms with van der Waals surface area (Å²) < 4.78 is 0. The molecule has 0 atom stereocenters. The molecule has 1 nitrogen and oxygen atoms in total. The number of aromatic nitrogens is 1. The fourth-order valence-electron chi connectivity index (χ4n) is 5.72. The average molecular weight is 383 g/mol. The summed E-state index contributed by atoms with van der Waals surface area (Å²) in [5.74, 6) is 0. The van der Waals surface area contributed by atoms with Gasteiger partial charge in [-0.2, -0.15) is 0 Å². The Morgan fingerprint density at radius 1 is 0.533 bits per heavy atom. The van der Waals surface area contributed by atoms with E-state index < -0.39 is 0 Å². The lowest BCUT2D eigenvalue weighted by Crippen LogP contribution is -2.14. The van der Waals surface area contributed by atoms with Crippen LogP contribution in [0.4, 0.5) is 0 Å². The summed E-state index contributed by atoms with van der Waals surface area (Å²) in [5, 5.41) is 5.12. The summed E-state index contributed by atoms with van der Waals surface area (Å²) >= 11 is 0. The molecule has 0 radical (unpaired) electrons. The Labute approximate surface area is 176 Å². The van der Waals surface area contributed by atoms with Crippen LogP contribution in [0.5, 0.6) is 0 Å². The summed E-state index contributed by atoms with van der Waals surface area (Å²) in [6.07, 6.45) is 6.52. The summed E-state index contributed by atoms with van der Waals surface area (Å²) in [6.45, 7) is 0. The maximum atomic E-state index is 4.87. The average Bonchev–Trinajstić information content (AvgIpc) is 2.82. The van der Waals surface area contributed by atoms with E-state index in [1.54, 1.807) is 0 Å². The van der Waals surface area contributed by atoms with Gasteiger partial charge in [0.25, 0.3) is 0 Å². The standard InChI is InChI=1S/C29H21N/c1-2-7-24-18(4-1)12-13-26-25(24)14-15-30-29(26)23-16-21-10-8-19-5-3-6-20-9-11-22(17-23)28(21)27(19)20/h1-7,12-17H,8-11H2. The van der Waals surface area contributed by atoms with E-state index in [1.165, 1.54) is 60.5 Å². The normalized spacial score (nSPS) is 14.1. The van der Waals surface area contributed by atoms with E-state index in [2.05, 4.69) is 72.8 Å². The van der Waals surface area contributed by atoms with Crippen molar-refractivity contribution in [2.45, 2.75) is 25.7 Å². The number of fused-ring (bicyclic) bond motifs is 3. The highest BCUT2D eigenvalue weighted by Gasteiger charge is 2.26. The number of pyridine rings is 1. The third-order valence-electron chi connectivity index (χ3n) is 7.06. The molecule has 0 N–H and O–H groups in total.